The van der Waals surface area contributed by atoms with E-state index in [-0.39, 0.29) is 0 Å². The molecule has 0 rings (SSSR count). The van der Waals surface area contributed by atoms with Crippen molar-refractivity contribution in [2.24, 2.45) is 11.5 Å². The topological polar surface area (TPSA) is 156 Å². The molecule has 1 atom stereocenters. The van der Waals surface area contributed by atoms with Crippen LogP contribution in [-0.4, -0.2) is 33.8 Å². The van der Waals surface area contributed by atoms with Crippen molar-refractivity contribution in [2.45, 2.75) is 18.5 Å². The molecule has 0 aliphatic carbocycles. The highest BCUT2D eigenvalue weighted by atomic mass is 16.4. The number of nitrogens with one attached hydrogen (secondary N) is 1. The number of carboxylic acids is 2. The fourth-order valence-electron chi connectivity index (χ4n) is 0.747. The van der Waals surface area contributed by atoms with Gasteiger partial charge >= 0.3 is 18.0 Å². The molecule has 8 heteroatoms. The highest BCUT2D eigenvalue weighted by molar-refractivity contribution is 5.85. The summed E-state index contributed by atoms with van der Waals surface area (Å²) in [5, 5.41) is 18.7. The number of carboxylic acid groups (broad SMARTS) is 2. The smallest absolute Gasteiger partial charge is 0.344 e. The molecule has 0 aliphatic rings. The van der Waals surface area contributed by atoms with Crippen molar-refractivity contribution in [1.29, 1.82) is 0 Å². The van der Waals surface area contributed by atoms with Crippen LogP contribution in [0.25, 0.3) is 0 Å². The summed E-state index contributed by atoms with van der Waals surface area (Å²) in [6.45, 7) is 0. The highest BCUT2D eigenvalue weighted by Gasteiger charge is 2.35. The van der Waals surface area contributed by atoms with Crippen molar-refractivity contribution < 1.29 is 24.6 Å². The Morgan fingerprint density at radius 1 is 1.29 bits per heavy atom. The van der Waals surface area contributed by atoms with Gasteiger partial charge in [-0.05, 0) is 0 Å². The summed E-state index contributed by atoms with van der Waals surface area (Å²) in [5.74, 6) is -2.76. The molecule has 8 nitrogen and oxygen atoms in total. The zero-order valence-electron chi connectivity index (χ0n) is 7.19. The molecule has 0 bridgehead atoms. The van der Waals surface area contributed by atoms with Gasteiger partial charge in [-0.25, -0.2) is 9.59 Å². The molecule has 0 spiro atoms. The second-order valence-corrected chi connectivity index (χ2v) is 2.66. The number of nitrogens with two attached hydrogens (primary N) is 2. The van der Waals surface area contributed by atoms with Gasteiger partial charge in [-0.1, -0.05) is 0 Å². The zero-order valence-corrected chi connectivity index (χ0v) is 7.19. The molecular weight excluding hydrogens is 194 g/mol. The maximum Gasteiger partial charge on any atom is 0.344 e. The molecule has 14 heavy (non-hydrogen) atoms. The third-order valence-electron chi connectivity index (χ3n) is 1.46. The Morgan fingerprint density at radius 2 is 1.79 bits per heavy atom. The summed E-state index contributed by atoms with van der Waals surface area (Å²) in [6.07, 6.45) is -0.927. The molecule has 0 aromatic carbocycles. The van der Waals surface area contributed by atoms with E-state index in [1.54, 1.807) is 5.32 Å². The molecule has 0 aromatic rings. The van der Waals surface area contributed by atoms with Crippen LogP contribution in [0.1, 0.15) is 12.8 Å². The Hall–Kier alpha value is -1.83. The minimum atomic E-state index is -2.13. The third-order valence-corrected chi connectivity index (χ3v) is 1.46. The van der Waals surface area contributed by atoms with Crippen LogP contribution in [0.2, 0.25) is 0 Å². The van der Waals surface area contributed by atoms with Crippen LogP contribution >= 0.6 is 0 Å². The molecule has 0 fully saturated rings. The molecule has 0 radical (unpaired) electrons. The van der Waals surface area contributed by atoms with Crippen LogP contribution in [0.4, 0.5) is 4.79 Å². The van der Waals surface area contributed by atoms with E-state index in [0.717, 1.165) is 0 Å². The van der Waals surface area contributed by atoms with E-state index < -0.39 is 36.5 Å². The molecule has 80 valence electrons. The van der Waals surface area contributed by atoms with Crippen LogP contribution < -0.4 is 16.8 Å². The zero-order chi connectivity index (χ0) is 11.4. The maximum atomic E-state index is 10.6. The number of carbonyl (C=O) groups excluding carboxylic acids is 1. The molecule has 2 amide bonds. The highest BCUT2D eigenvalue weighted by Crippen LogP contribution is 2.06. The Balaban J connectivity index is 4.47. The summed E-state index contributed by atoms with van der Waals surface area (Å²) in [6, 6.07) is -1.12. The van der Waals surface area contributed by atoms with Gasteiger partial charge in [0.1, 0.15) is 0 Å². The maximum absolute atomic E-state index is 10.6. The van der Waals surface area contributed by atoms with Crippen LogP contribution in [-0.2, 0) is 9.59 Å². The molecule has 0 saturated heterocycles. The first-order chi connectivity index (χ1) is 6.28. The molecule has 0 aliphatic heterocycles. The summed E-state index contributed by atoms with van der Waals surface area (Å²) < 4.78 is 0. The van der Waals surface area contributed by atoms with Crippen LogP contribution in [0, 0.1) is 0 Å². The largest absolute Gasteiger partial charge is 0.481 e. The number of urea groups is 1. The molecule has 7 N–H and O–H groups in total. The van der Waals surface area contributed by atoms with Gasteiger partial charge in [0, 0.05) is 12.8 Å². The molecule has 0 aromatic heterocycles. The number of hydrogen-bond donors (Lipinski definition) is 5. The fourth-order valence-corrected chi connectivity index (χ4v) is 0.747. The minimum Gasteiger partial charge on any atom is -0.481 e. The number of hydrogen-bond acceptors (Lipinski definition) is 4. The minimum absolute atomic E-state index is 0.444. The number of amides is 2. The second-order valence-electron chi connectivity index (χ2n) is 2.66. The van der Waals surface area contributed by atoms with E-state index in [2.05, 4.69) is 5.73 Å². The summed E-state index contributed by atoms with van der Waals surface area (Å²) in [5.41, 5.74) is 7.76. The average molecular weight is 205 g/mol. The Kier molecular flexibility index (Phi) is 3.84. The van der Waals surface area contributed by atoms with E-state index in [0.29, 0.717) is 0 Å². The van der Waals surface area contributed by atoms with Crippen molar-refractivity contribution in [2.75, 3.05) is 0 Å². The van der Waals surface area contributed by atoms with E-state index >= 15 is 0 Å². The predicted molar refractivity (Wildman–Crippen MR) is 44.1 cm³/mol. The van der Waals surface area contributed by atoms with Gasteiger partial charge in [0.15, 0.2) is 5.66 Å². The molecule has 0 saturated carbocycles. The fraction of sp³-hybridized carbons (Fsp3) is 0.500. The summed E-state index contributed by atoms with van der Waals surface area (Å²) in [7, 11) is 0. The lowest BCUT2D eigenvalue weighted by molar-refractivity contribution is -0.145. The number of carbonyl (C=O) groups is 3. The normalized spacial score (nSPS) is 14.1. The van der Waals surface area contributed by atoms with Gasteiger partial charge < -0.3 is 21.3 Å². The monoisotopic (exact) mass is 205 g/mol. The number of rotatable bonds is 5. The van der Waals surface area contributed by atoms with Gasteiger partial charge in [-0.15, -0.1) is 0 Å². The van der Waals surface area contributed by atoms with Crippen molar-refractivity contribution in [1.82, 2.24) is 5.32 Å². The lowest BCUT2D eigenvalue weighted by Crippen LogP contribution is -2.62. The van der Waals surface area contributed by atoms with E-state index in [9.17, 15) is 14.4 Å². The van der Waals surface area contributed by atoms with E-state index in [4.69, 9.17) is 15.9 Å². The van der Waals surface area contributed by atoms with Gasteiger partial charge in [0.05, 0.1) is 0 Å². The van der Waals surface area contributed by atoms with E-state index in [1.807, 2.05) is 0 Å². The lowest BCUT2D eigenvalue weighted by atomic mass is 10.1. The molecule has 0 heterocycles. The average Bonchev–Trinajstić information content (AvgIpc) is 1.99. The molecule has 1 unspecified atom stereocenters. The number of aliphatic carboxylic acids is 2. The van der Waals surface area contributed by atoms with Crippen molar-refractivity contribution in [3.63, 3.8) is 0 Å². The third kappa shape index (κ3) is 3.72. The van der Waals surface area contributed by atoms with Gasteiger partial charge in [-0.3, -0.25) is 10.5 Å². The first kappa shape index (κ1) is 12.2. The number of primary amides is 1. The Labute approximate surface area is 78.9 Å². The Morgan fingerprint density at radius 3 is 2.07 bits per heavy atom. The first-order valence-corrected chi connectivity index (χ1v) is 3.59. The van der Waals surface area contributed by atoms with E-state index in [1.165, 1.54) is 0 Å². The van der Waals surface area contributed by atoms with Gasteiger partial charge in [0.25, 0.3) is 0 Å². The summed E-state index contributed by atoms with van der Waals surface area (Å²) >= 11 is 0. The SMILES string of the molecule is NC(=O)NC(N)(CCC(=O)O)C(=O)O. The van der Waals surface area contributed by atoms with Crippen LogP contribution in [0.5, 0.6) is 0 Å². The second kappa shape index (κ2) is 4.42. The van der Waals surface area contributed by atoms with Crippen molar-refractivity contribution >= 4 is 18.0 Å². The molecular formula is C6H11N3O5. The van der Waals surface area contributed by atoms with Crippen LogP contribution in [0.15, 0.2) is 0 Å². The predicted octanol–water partition coefficient (Wildman–Crippen LogP) is -1.74. The Bertz CT molecular complexity index is 266. The van der Waals surface area contributed by atoms with Crippen molar-refractivity contribution in [3.05, 3.63) is 0 Å². The first-order valence-electron chi connectivity index (χ1n) is 3.59. The quantitative estimate of drug-likeness (QED) is 0.335. The van der Waals surface area contributed by atoms with Crippen LogP contribution in [0.3, 0.4) is 0 Å². The van der Waals surface area contributed by atoms with Crippen molar-refractivity contribution in [3.8, 4) is 0 Å². The van der Waals surface area contributed by atoms with Gasteiger partial charge in [0.2, 0.25) is 0 Å². The standard InChI is InChI=1S/C6H11N3O5/c7-5(14)9-6(8,4(12)13)2-1-3(10)11/h1-2,8H2,(H,10,11)(H,12,13)(H3,7,9,14). The van der Waals surface area contributed by atoms with Gasteiger partial charge in [-0.2, -0.15) is 0 Å². The summed E-state index contributed by atoms with van der Waals surface area (Å²) in [4.78, 5) is 31.1. The lowest BCUT2D eigenvalue weighted by Gasteiger charge is -2.23.